The third-order valence-corrected chi connectivity index (χ3v) is 5.34. The SMILES string of the molecule is COc1ccccc1CNC(=O)CN1C[C@H](C2CC2)[C@@H](N(C)C)C1. The molecule has 0 radical (unpaired) electrons. The minimum Gasteiger partial charge on any atom is -0.496 e. The largest absolute Gasteiger partial charge is 0.496 e. The average Bonchev–Trinajstić information content (AvgIpc) is 3.33. The fourth-order valence-electron chi connectivity index (χ4n) is 3.86. The van der Waals surface area contributed by atoms with Gasteiger partial charge in [-0.25, -0.2) is 0 Å². The number of likely N-dealkylation sites (N-methyl/N-ethyl adjacent to an activating group) is 1. The number of para-hydroxylation sites is 1. The van der Waals surface area contributed by atoms with Crippen LogP contribution in [0.3, 0.4) is 0 Å². The van der Waals surface area contributed by atoms with Crippen LogP contribution < -0.4 is 10.1 Å². The molecule has 0 spiro atoms. The fourth-order valence-corrected chi connectivity index (χ4v) is 3.86. The molecule has 132 valence electrons. The van der Waals surface area contributed by atoms with Crippen molar-refractivity contribution in [3.05, 3.63) is 29.8 Å². The molecule has 1 saturated heterocycles. The summed E-state index contributed by atoms with van der Waals surface area (Å²) in [5.74, 6) is 2.51. The number of nitrogens with one attached hydrogen (secondary N) is 1. The zero-order valence-electron chi connectivity index (χ0n) is 15.0. The van der Waals surface area contributed by atoms with Gasteiger partial charge in [-0.05, 0) is 44.8 Å². The Balaban J connectivity index is 1.50. The predicted octanol–water partition coefficient (Wildman–Crippen LogP) is 1.58. The van der Waals surface area contributed by atoms with E-state index in [-0.39, 0.29) is 5.91 Å². The van der Waals surface area contributed by atoms with Crippen molar-refractivity contribution in [2.45, 2.75) is 25.4 Å². The molecule has 1 aliphatic heterocycles. The summed E-state index contributed by atoms with van der Waals surface area (Å²) in [6.45, 7) is 3.05. The molecule has 1 N–H and O–H groups in total. The number of amides is 1. The number of nitrogens with zero attached hydrogens (tertiary/aromatic N) is 2. The maximum absolute atomic E-state index is 12.3. The third kappa shape index (κ3) is 4.08. The molecule has 2 atom stereocenters. The van der Waals surface area contributed by atoms with Gasteiger partial charge in [0.1, 0.15) is 5.75 Å². The summed E-state index contributed by atoms with van der Waals surface area (Å²) in [4.78, 5) is 17.0. The Labute approximate surface area is 145 Å². The molecule has 2 aliphatic rings. The van der Waals surface area contributed by atoms with Crippen LogP contribution in [0.15, 0.2) is 24.3 Å². The zero-order chi connectivity index (χ0) is 17.1. The van der Waals surface area contributed by atoms with Gasteiger partial charge in [0.05, 0.1) is 13.7 Å². The van der Waals surface area contributed by atoms with Crippen molar-refractivity contribution in [3.63, 3.8) is 0 Å². The summed E-state index contributed by atoms with van der Waals surface area (Å²) in [5.41, 5.74) is 1.01. The Morgan fingerprint density at radius 3 is 2.71 bits per heavy atom. The predicted molar refractivity (Wildman–Crippen MR) is 95.0 cm³/mol. The Hall–Kier alpha value is -1.59. The topological polar surface area (TPSA) is 44.8 Å². The number of likely N-dealkylation sites (tertiary alicyclic amines) is 1. The molecule has 5 nitrogen and oxygen atoms in total. The summed E-state index contributed by atoms with van der Waals surface area (Å²) in [6.07, 6.45) is 2.73. The van der Waals surface area contributed by atoms with Crippen molar-refractivity contribution in [3.8, 4) is 5.75 Å². The molecular formula is C19H29N3O2. The number of methoxy groups -OCH3 is 1. The second kappa shape index (κ2) is 7.53. The molecule has 1 aliphatic carbocycles. The first-order valence-electron chi connectivity index (χ1n) is 8.86. The van der Waals surface area contributed by atoms with E-state index in [4.69, 9.17) is 4.74 Å². The van der Waals surface area contributed by atoms with Crippen molar-refractivity contribution in [1.29, 1.82) is 0 Å². The number of carbonyl (C=O) groups is 1. The molecule has 1 saturated carbocycles. The second-order valence-electron chi connectivity index (χ2n) is 7.31. The number of rotatable bonds is 7. The normalized spacial score (nSPS) is 24.3. The van der Waals surface area contributed by atoms with Crippen LogP contribution in [-0.4, -0.2) is 62.6 Å². The van der Waals surface area contributed by atoms with E-state index in [0.717, 1.165) is 36.2 Å². The maximum atomic E-state index is 12.3. The summed E-state index contributed by atoms with van der Waals surface area (Å²) in [7, 11) is 5.97. The standard InChI is InChI=1S/C19H29N3O2/c1-21(2)17-12-22(11-16(17)14-8-9-14)13-19(23)20-10-15-6-4-5-7-18(15)24-3/h4-7,14,16-17H,8-13H2,1-3H3,(H,20,23)/t16-,17+/m1/s1. The van der Waals surface area contributed by atoms with E-state index >= 15 is 0 Å². The van der Waals surface area contributed by atoms with Crippen LogP contribution in [0.1, 0.15) is 18.4 Å². The zero-order valence-corrected chi connectivity index (χ0v) is 15.0. The number of carbonyl (C=O) groups excluding carboxylic acids is 1. The molecule has 1 heterocycles. The van der Waals surface area contributed by atoms with Gasteiger partial charge in [0, 0.05) is 31.2 Å². The third-order valence-electron chi connectivity index (χ3n) is 5.34. The first-order chi connectivity index (χ1) is 11.6. The smallest absolute Gasteiger partial charge is 0.234 e. The second-order valence-corrected chi connectivity index (χ2v) is 7.31. The molecule has 3 rings (SSSR count). The quantitative estimate of drug-likeness (QED) is 0.824. The van der Waals surface area contributed by atoms with Gasteiger partial charge < -0.3 is 15.0 Å². The Bertz CT molecular complexity index is 561. The monoisotopic (exact) mass is 331 g/mol. The summed E-state index contributed by atoms with van der Waals surface area (Å²) in [5, 5.41) is 3.03. The van der Waals surface area contributed by atoms with E-state index < -0.39 is 0 Å². The van der Waals surface area contributed by atoms with Crippen molar-refractivity contribution in [2.75, 3.05) is 40.8 Å². The number of hydrogen-bond acceptors (Lipinski definition) is 4. The van der Waals surface area contributed by atoms with E-state index in [2.05, 4.69) is 29.2 Å². The lowest BCUT2D eigenvalue weighted by molar-refractivity contribution is -0.122. The molecule has 1 amide bonds. The average molecular weight is 331 g/mol. The van der Waals surface area contributed by atoms with Gasteiger partial charge in [0.2, 0.25) is 5.91 Å². The highest BCUT2D eigenvalue weighted by Crippen LogP contribution is 2.42. The van der Waals surface area contributed by atoms with Crippen LogP contribution in [-0.2, 0) is 11.3 Å². The van der Waals surface area contributed by atoms with Gasteiger partial charge in [-0.15, -0.1) is 0 Å². The van der Waals surface area contributed by atoms with Crippen LogP contribution in [0.25, 0.3) is 0 Å². The molecule has 24 heavy (non-hydrogen) atoms. The molecule has 0 aromatic heterocycles. The van der Waals surface area contributed by atoms with Gasteiger partial charge >= 0.3 is 0 Å². The van der Waals surface area contributed by atoms with E-state index in [1.165, 1.54) is 12.8 Å². The lowest BCUT2D eigenvalue weighted by Crippen LogP contribution is -2.38. The highest BCUT2D eigenvalue weighted by atomic mass is 16.5. The van der Waals surface area contributed by atoms with Crippen molar-refractivity contribution in [1.82, 2.24) is 15.1 Å². The van der Waals surface area contributed by atoms with Gasteiger partial charge in [-0.3, -0.25) is 9.69 Å². The van der Waals surface area contributed by atoms with Crippen LogP contribution in [0.2, 0.25) is 0 Å². The van der Waals surface area contributed by atoms with E-state index in [1.54, 1.807) is 7.11 Å². The first kappa shape index (κ1) is 17.2. The van der Waals surface area contributed by atoms with Crippen LogP contribution in [0.5, 0.6) is 5.75 Å². The molecular weight excluding hydrogens is 302 g/mol. The number of hydrogen-bond donors (Lipinski definition) is 1. The van der Waals surface area contributed by atoms with Gasteiger partial charge in [0.15, 0.2) is 0 Å². The van der Waals surface area contributed by atoms with Crippen molar-refractivity contribution >= 4 is 5.91 Å². The summed E-state index contributed by atoms with van der Waals surface area (Å²) < 4.78 is 5.33. The van der Waals surface area contributed by atoms with Crippen LogP contribution >= 0.6 is 0 Å². The lowest BCUT2D eigenvalue weighted by atomic mass is 9.97. The van der Waals surface area contributed by atoms with Gasteiger partial charge in [-0.2, -0.15) is 0 Å². The Morgan fingerprint density at radius 1 is 1.29 bits per heavy atom. The van der Waals surface area contributed by atoms with Gasteiger partial charge in [0.25, 0.3) is 0 Å². The highest BCUT2D eigenvalue weighted by Gasteiger charge is 2.43. The highest BCUT2D eigenvalue weighted by molar-refractivity contribution is 5.78. The van der Waals surface area contributed by atoms with E-state index in [9.17, 15) is 4.79 Å². The minimum atomic E-state index is 0.0925. The summed E-state index contributed by atoms with van der Waals surface area (Å²) >= 11 is 0. The first-order valence-corrected chi connectivity index (χ1v) is 8.86. The minimum absolute atomic E-state index is 0.0925. The Morgan fingerprint density at radius 2 is 2.04 bits per heavy atom. The number of benzene rings is 1. The molecule has 2 fully saturated rings. The lowest BCUT2D eigenvalue weighted by Gasteiger charge is -2.25. The number of ether oxygens (including phenoxy) is 1. The van der Waals surface area contributed by atoms with Crippen molar-refractivity contribution < 1.29 is 9.53 Å². The molecule has 5 heteroatoms. The Kier molecular flexibility index (Phi) is 5.41. The summed E-state index contributed by atoms with van der Waals surface area (Å²) in [6, 6.07) is 8.39. The fraction of sp³-hybridized carbons (Fsp3) is 0.632. The molecule has 1 aromatic carbocycles. The molecule has 1 aromatic rings. The van der Waals surface area contributed by atoms with E-state index in [1.807, 2.05) is 24.3 Å². The van der Waals surface area contributed by atoms with Crippen LogP contribution in [0, 0.1) is 11.8 Å². The van der Waals surface area contributed by atoms with Gasteiger partial charge in [-0.1, -0.05) is 18.2 Å². The van der Waals surface area contributed by atoms with Crippen molar-refractivity contribution in [2.24, 2.45) is 11.8 Å². The maximum Gasteiger partial charge on any atom is 0.234 e. The molecule has 0 unspecified atom stereocenters. The van der Waals surface area contributed by atoms with E-state index in [0.29, 0.717) is 19.1 Å². The molecule has 0 bridgehead atoms. The van der Waals surface area contributed by atoms with Crippen LogP contribution in [0.4, 0.5) is 0 Å².